The lowest BCUT2D eigenvalue weighted by Crippen LogP contribution is -2.85. The van der Waals surface area contributed by atoms with E-state index in [1.165, 1.54) is 0 Å². The average Bonchev–Trinajstić information content (AvgIpc) is 2.29. The van der Waals surface area contributed by atoms with Crippen LogP contribution >= 0.6 is 0 Å². The second kappa shape index (κ2) is 6.90. The van der Waals surface area contributed by atoms with Crippen molar-refractivity contribution < 1.29 is 14.8 Å². The molecule has 3 nitrogen and oxygen atoms in total. The number of ether oxygens (including phenoxy) is 2. The molecule has 3 heteroatoms. The third-order valence-corrected chi connectivity index (χ3v) is 1.97. The van der Waals surface area contributed by atoms with E-state index in [4.69, 9.17) is 9.47 Å². The number of hydrogen-bond donors (Lipinski definition) is 1. The van der Waals surface area contributed by atoms with Gasteiger partial charge in [0.05, 0.1) is 13.7 Å². The number of nitrogens with two attached hydrogens (primary N) is 1. The van der Waals surface area contributed by atoms with Crippen LogP contribution in [0.4, 0.5) is 0 Å². The van der Waals surface area contributed by atoms with Crippen molar-refractivity contribution in [2.24, 2.45) is 0 Å². The van der Waals surface area contributed by atoms with Crippen molar-refractivity contribution in [2.45, 2.75) is 0 Å². The van der Waals surface area contributed by atoms with Gasteiger partial charge in [0.2, 0.25) is 0 Å². The molecule has 0 aromatic heterocycles. The topological polar surface area (TPSA) is 35.1 Å². The van der Waals surface area contributed by atoms with Gasteiger partial charge in [0, 0.05) is 6.07 Å². The quantitative estimate of drug-likeness (QED) is 0.532. The van der Waals surface area contributed by atoms with Crippen LogP contribution < -0.4 is 14.8 Å². The Balaban J connectivity index is 2.27. The molecule has 1 aromatic rings. The monoisotopic (exact) mass is 208 g/mol. The van der Waals surface area contributed by atoms with Crippen molar-refractivity contribution in [1.82, 2.24) is 0 Å². The van der Waals surface area contributed by atoms with E-state index in [1.807, 2.05) is 30.3 Å². The molecular weight excluding hydrogens is 190 g/mol. The first-order valence-corrected chi connectivity index (χ1v) is 5.06. The first-order valence-electron chi connectivity index (χ1n) is 5.06. The Labute approximate surface area is 90.7 Å². The van der Waals surface area contributed by atoms with Gasteiger partial charge in [-0.25, -0.2) is 0 Å². The van der Waals surface area contributed by atoms with Crippen LogP contribution in [0.25, 0.3) is 0 Å². The fourth-order valence-corrected chi connectivity index (χ4v) is 1.19. The second-order valence-corrected chi connectivity index (χ2v) is 3.13. The zero-order valence-electron chi connectivity index (χ0n) is 9.11. The van der Waals surface area contributed by atoms with Crippen LogP contribution in [0.5, 0.6) is 11.5 Å². The predicted molar refractivity (Wildman–Crippen MR) is 60.3 cm³/mol. The van der Waals surface area contributed by atoms with Crippen molar-refractivity contribution >= 4 is 0 Å². The normalized spacial score (nSPS) is 9.67. The summed E-state index contributed by atoms with van der Waals surface area (Å²) in [5.74, 6) is 1.67. The Hall–Kier alpha value is -1.48. The Morgan fingerprint density at radius 2 is 2.20 bits per heavy atom. The molecule has 2 N–H and O–H groups in total. The highest BCUT2D eigenvalue weighted by Gasteiger charge is 1.96. The Morgan fingerprint density at radius 1 is 1.40 bits per heavy atom. The zero-order chi connectivity index (χ0) is 10.9. The van der Waals surface area contributed by atoms with E-state index >= 15 is 0 Å². The lowest BCUT2D eigenvalue weighted by atomic mass is 10.3. The van der Waals surface area contributed by atoms with E-state index in [2.05, 4.69) is 11.9 Å². The molecule has 0 amide bonds. The summed E-state index contributed by atoms with van der Waals surface area (Å²) in [6.07, 6.45) is 1.88. The first-order chi connectivity index (χ1) is 7.36. The summed E-state index contributed by atoms with van der Waals surface area (Å²) in [4.78, 5) is 0. The van der Waals surface area contributed by atoms with Gasteiger partial charge in [0.1, 0.15) is 24.7 Å². The number of hydrogen-bond acceptors (Lipinski definition) is 2. The van der Waals surface area contributed by atoms with E-state index in [1.54, 1.807) is 7.11 Å². The number of rotatable bonds is 7. The second-order valence-electron chi connectivity index (χ2n) is 3.13. The van der Waals surface area contributed by atoms with Crippen LogP contribution in [0, 0.1) is 0 Å². The maximum absolute atomic E-state index is 5.55. The maximum atomic E-state index is 5.55. The van der Waals surface area contributed by atoms with Crippen LogP contribution in [0.1, 0.15) is 0 Å². The molecule has 0 radical (unpaired) electrons. The lowest BCUT2D eigenvalue weighted by molar-refractivity contribution is -0.646. The Kier molecular flexibility index (Phi) is 5.33. The molecule has 82 valence electrons. The molecule has 15 heavy (non-hydrogen) atoms. The zero-order valence-corrected chi connectivity index (χ0v) is 9.11. The van der Waals surface area contributed by atoms with Crippen LogP contribution in [-0.4, -0.2) is 26.8 Å². The van der Waals surface area contributed by atoms with Crippen molar-refractivity contribution in [2.75, 3.05) is 26.8 Å². The molecule has 0 aliphatic rings. The van der Waals surface area contributed by atoms with Gasteiger partial charge in [-0.05, 0) is 18.2 Å². The molecule has 0 bridgehead atoms. The highest BCUT2D eigenvalue weighted by molar-refractivity contribution is 5.32. The highest BCUT2D eigenvalue weighted by Crippen LogP contribution is 2.18. The third-order valence-electron chi connectivity index (χ3n) is 1.97. The number of methoxy groups -OCH3 is 1. The predicted octanol–water partition coefficient (Wildman–Crippen LogP) is 0.823. The average molecular weight is 208 g/mol. The van der Waals surface area contributed by atoms with Crippen molar-refractivity contribution in [1.29, 1.82) is 0 Å². The fourth-order valence-electron chi connectivity index (χ4n) is 1.19. The summed E-state index contributed by atoms with van der Waals surface area (Å²) >= 11 is 0. The summed E-state index contributed by atoms with van der Waals surface area (Å²) in [6, 6.07) is 7.63. The van der Waals surface area contributed by atoms with E-state index in [9.17, 15) is 0 Å². The van der Waals surface area contributed by atoms with Crippen molar-refractivity contribution in [3.05, 3.63) is 36.9 Å². The molecule has 0 aliphatic heterocycles. The first kappa shape index (κ1) is 11.6. The Bertz CT molecular complexity index is 299. The minimum Gasteiger partial charge on any atom is -0.497 e. The summed E-state index contributed by atoms with van der Waals surface area (Å²) in [7, 11) is 1.65. The molecule has 1 rings (SSSR count). The standard InChI is InChI=1S/C12H17NO2/c1-3-7-13-8-9-15-12-6-4-5-11(10-12)14-2/h3-6,10,13H,1,7-9H2,2H3/p+1. The Morgan fingerprint density at radius 3 is 2.93 bits per heavy atom. The molecule has 0 saturated heterocycles. The van der Waals surface area contributed by atoms with Gasteiger partial charge in [-0.2, -0.15) is 0 Å². The van der Waals surface area contributed by atoms with Gasteiger partial charge in [-0.15, -0.1) is 0 Å². The smallest absolute Gasteiger partial charge is 0.137 e. The van der Waals surface area contributed by atoms with Gasteiger partial charge < -0.3 is 14.8 Å². The van der Waals surface area contributed by atoms with Crippen LogP contribution in [0.15, 0.2) is 36.9 Å². The largest absolute Gasteiger partial charge is 0.497 e. The SMILES string of the molecule is C=CC[NH2+]CCOc1cccc(OC)c1. The minimum atomic E-state index is 0.695. The molecule has 0 atom stereocenters. The van der Waals surface area contributed by atoms with Gasteiger partial charge in [0.15, 0.2) is 0 Å². The highest BCUT2D eigenvalue weighted by atomic mass is 16.5. The van der Waals surface area contributed by atoms with Crippen LogP contribution in [0.2, 0.25) is 0 Å². The molecule has 0 unspecified atom stereocenters. The summed E-state index contributed by atoms with van der Waals surface area (Å²) in [5, 5.41) is 2.15. The third kappa shape index (κ3) is 4.51. The number of benzene rings is 1. The summed E-state index contributed by atoms with van der Waals surface area (Å²) in [6.45, 7) is 6.21. The maximum Gasteiger partial charge on any atom is 0.137 e. The molecule has 0 heterocycles. The molecule has 1 aromatic carbocycles. The molecule has 0 aliphatic carbocycles. The molecule has 0 saturated carbocycles. The summed E-state index contributed by atoms with van der Waals surface area (Å²) < 4.78 is 10.6. The van der Waals surface area contributed by atoms with Crippen LogP contribution in [0.3, 0.4) is 0 Å². The lowest BCUT2D eigenvalue weighted by Gasteiger charge is -2.06. The van der Waals surface area contributed by atoms with Gasteiger partial charge in [-0.1, -0.05) is 12.6 Å². The van der Waals surface area contributed by atoms with Crippen molar-refractivity contribution in [3.63, 3.8) is 0 Å². The van der Waals surface area contributed by atoms with Gasteiger partial charge >= 0.3 is 0 Å². The van der Waals surface area contributed by atoms with Crippen LogP contribution in [-0.2, 0) is 0 Å². The molecule has 0 spiro atoms. The van der Waals surface area contributed by atoms with Gasteiger partial charge in [0.25, 0.3) is 0 Å². The molecule has 0 fully saturated rings. The van der Waals surface area contributed by atoms with E-state index in [0.29, 0.717) is 6.61 Å². The summed E-state index contributed by atoms with van der Waals surface area (Å²) in [5.41, 5.74) is 0. The fraction of sp³-hybridized carbons (Fsp3) is 0.333. The van der Waals surface area contributed by atoms with E-state index in [0.717, 1.165) is 24.6 Å². The number of quaternary nitrogens is 1. The minimum absolute atomic E-state index is 0.695. The van der Waals surface area contributed by atoms with Gasteiger partial charge in [-0.3, -0.25) is 0 Å². The van der Waals surface area contributed by atoms with E-state index < -0.39 is 0 Å². The van der Waals surface area contributed by atoms with E-state index in [-0.39, 0.29) is 0 Å². The molecular formula is C12H18NO2+. The van der Waals surface area contributed by atoms with Crippen molar-refractivity contribution in [3.8, 4) is 11.5 Å².